The minimum atomic E-state index is 1.01. The van der Waals surface area contributed by atoms with Crippen molar-refractivity contribution in [3.63, 3.8) is 0 Å². The van der Waals surface area contributed by atoms with E-state index in [1.807, 2.05) is 0 Å². The summed E-state index contributed by atoms with van der Waals surface area (Å²) in [5.41, 5.74) is 5.26. The molecule has 0 fully saturated rings. The van der Waals surface area contributed by atoms with Gasteiger partial charge >= 0.3 is 0 Å². The van der Waals surface area contributed by atoms with Gasteiger partial charge in [-0.05, 0) is 52.4 Å². The van der Waals surface area contributed by atoms with Crippen molar-refractivity contribution in [2.45, 2.75) is 19.9 Å². The molecule has 0 bridgehead atoms. The van der Waals surface area contributed by atoms with Crippen LogP contribution in [0.4, 0.5) is 0 Å². The number of nitrogens with zero attached hydrogens (tertiary/aromatic N) is 2. The van der Waals surface area contributed by atoms with Gasteiger partial charge in [0.05, 0.1) is 16.1 Å². The molecule has 0 unspecified atom stereocenters. The average molecular weight is 344 g/mol. The first-order valence-electron chi connectivity index (χ1n) is 8.94. The minimum absolute atomic E-state index is 1.01. The molecule has 0 saturated carbocycles. The van der Waals surface area contributed by atoms with Gasteiger partial charge in [0.1, 0.15) is 0 Å². The van der Waals surface area contributed by atoms with Crippen LogP contribution in [0.25, 0.3) is 32.2 Å². The van der Waals surface area contributed by atoms with E-state index in [0.29, 0.717) is 0 Å². The molecule has 2 aromatic carbocycles. The maximum atomic E-state index is 5.13. The molecule has 1 aliphatic rings. The fourth-order valence-electron chi connectivity index (χ4n) is 4.06. The second-order valence-corrected chi connectivity index (χ2v) is 7.64. The Labute approximate surface area is 151 Å². The number of thiophene rings is 1. The number of hydrogen-bond acceptors (Lipinski definition) is 3. The van der Waals surface area contributed by atoms with Crippen molar-refractivity contribution < 1.29 is 0 Å². The molecule has 0 amide bonds. The highest BCUT2D eigenvalue weighted by Gasteiger charge is 2.23. The first-order valence-corrected chi connectivity index (χ1v) is 9.82. The predicted octanol–water partition coefficient (Wildman–Crippen LogP) is 5.49. The summed E-state index contributed by atoms with van der Waals surface area (Å²) in [4.78, 5) is 8.94. The monoisotopic (exact) mass is 344 g/mol. The Morgan fingerprint density at radius 1 is 1.04 bits per heavy atom. The largest absolute Gasteiger partial charge is 0.299 e. The summed E-state index contributed by atoms with van der Waals surface area (Å²) in [5, 5.41) is 6.16. The molecule has 0 spiro atoms. The maximum Gasteiger partial charge on any atom is 0.0857 e. The molecule has 0 aliphatic carbocycles. The van der Waals surface area contributed by atoms with Crippen LogP contribution in [0.1, 0.15) is 18.1 Å². The SMILES string of the molecule is CCN1CCc2c(c(-c3cccs3)nc3ccc4ccccc4c23)C1. The van der Waals surface area contributed by atoms with E-state index in [1.54, 1.807) is 11.3 Å². The molecule has 3 heterocycles. The minimum Gasteiger partial charge on any atom is -0.299 e. The van der Waals surface area contributed by atoms with E-state index in [0.717, 1.165) is 31.6 Å². The number of rotatable bonds is 2. The van der Waals surface area contributed by atoms with Crippen LogP contribution in [0.15, 0.2) is 53.9 Å². The van der Waals surface area contributed by atoms with Crippen molar-refractivity contribution in [3.05, 3.63) is 65.0 Å². The lowest BCUT2D eigenvalue weighted by Crippen LogP contribution is -2.31. The fraction of sp³-hybridized carbons (Fsp3) is 0.227. The summed E-state index contributed by atoms with van der Waals surface area (Å²) in [5.74, 6) is 0. The summed E-state index contributed by atoms with van der Waals surface area (Å²) in [6.07, 6.45) is 1.11. The maximum absolute atomic E-state index is 5.13. The average Bonchev–Trinajstić information content (AvgIpc) is 3.21. The third kappa shape index (κ3) is 2.38. The molecule has 0 radical (unpaired) electrons. The Bertz CT molecular complexity index is 1070. The molecule has 5 rings (SSSR count). The predicted molar refractivity (Wildman–Crippen MR) is 107 cm³/mol. The first kappa shape index (κ1) is 15.1. The Hall–Kier alpha value is -2.23. The highest BCUT2D eigenvalue weighted by molar-refractivity contribution is 7.13. The Balaban J connectivity index is 1.89. The van der Waals surface area contributed by atoms with Gasteiger partial charge in [-0.15, -0.1) is 11.3 Å². The fourth-order valence-corrected chi connectivity index (χ4v) is 4.80. The van der Waals surface area contributed by atoms with Gasteiger partial charge in [-0.25, -0.2) is 4.98 Å². The number of aromatic nitrogens is 1. The van der Waals surface area contributed by atoms with Gasteiger partial charge in [0.2, 0.25) is 0 Å². The van der Waals surface area contributed by atoms with Crippen LogP contribution < -0.4 is 0 Å². The van der Waals surface area contributed by atoms with Crippen LogP contribution in [0.3, 0.4) is 0 Å². The lowest BCUT2D eigenvalue weighted by atomic mass is 9.91. The molecule has 1 aliphatic heterocycles. The van der Waals surface area contributed by atoms with E-state index in [-0.39, 0.29) is 0 Å². The number of pyridine rings is 1. The van der Waals surface area contributed by atoms with Crippen LogP contribution >= 0.6 is 11.3 Å². The van der Waals surface area contributed by atoms with Crippen molar-refractivity contribution in [1.29, 1.82) is 0 Å². The lowest BCUT2D eigenvalue weighted by molar-refractivity contribution is 0.269. The molecule has 0 N–H and O–H groups in total. The summed E-state index contributed by atoms with van der Waals surface area (Å²) < 4.78 is 0. The highest BCUT2D eigenvalue weighted by Crippen LogP contribution is 2.38. The number of hydrogen-bond donors (Lipinski definition) is 0. The van der Waals surface area contributed by atoms with Gasteiger partial charge in [-0.3, -0.25) is 4.90 Å². The molecule has 2 aromatic heterocycles. The van der Waals surface area contributed by atoms with Crippen LogP contribution in [0, 0.1) is 0 Å². The van der Waals surface area contributed by atoms with Crippen LogP contribution in [-0.2, 0) is 13.0 Å². The quantitative estimate of drug-likeness (QED) is 0.447. The van der Waals surface area contributed by atoms with Crippen LogP contribution in [-0.4, -0.2) is 23.0 Å². The molecular weight excluding hydrogens is 324 g/mol. The third-order valence-electron chi connectivity index (χ3n) is 5.35. The van der Waals surface area contributed by atoms with Crippen LogP contribution in [0.5, 0.6) is 0 Å². The van der Waals surface area contributed by atoms with Crippen molar-refractivity contribution in [2.24, 2.45) is 0 Å². The van der Waals surface area contributed by atoms with Crippen molar-refractivity contribution in [1.82, 2.24) is 9.88 Å². The Morgan fingerprint density at radius 2 is 1.96 bits per heavy atom. The topological polar surface area (TPSA) is 16.1 Å². The molecule has 124 valence electrons. The second-order valence-electron chi connectivity index (χ2n) is 6.69. The normalized spacial score (nSPS) is 14.9. The van der Waals surface area contributed by atoms with E-state index in [2.05, 4.69) is 65.7 Å². The van der Waals surface area contributed by atoms with Gasteiger partial charge < -0.3 is 0 Å². The molecule has 2 nitrogen and oxygen atoms in total. The third-order valence-corrected chi connectivity index (χ3v) is 6.23. The summed E-state index contributed by atoms with van der Waals surface area (Å²) >= 11 is 1.79. The zero-order chi connectivity index (χ0) is 16.8. The van der Waals surface area contributed by atoms with E-state index in [9.17, 15) is 0 Å². The molecule has 0 saturated heterocycles. The second kappa shape index (κ2) is 5.94. The van der Waals surface area contributed by atoms with Gasteiger partial charge in [0, 0.05) is 18.5 Å². The molecule has 0 atom stereocenters. The summed E-state index contributed by atoms with van der Waals surface area (Å²) in [6, 6.07) is 17.4. The zero-order valence-electron chi connectivity index (χ0n) is 14.3. The van der Waals surface area contributed by atoms with Crippen molar-refractivity contribution in [3.8, 4) is 10.6 Å². The first-order chi connectivity index (χ1) is 12.3. The smallest absolute Gasteiger partial charge is 0.0857 e. The van der Waals surface area contributed by atoms with E-state index in [1.165, 1.54) is 37.9 Å². The summed E-state index contributed by atoms with van der Waals surface area (Å²) in [7, 11) is 0. The molecule has 3 heteroatoms. The van der Waals surface area contributed by atoms with Gasteiger partial charge in [-0.1, -0.05) is 43.3 Å². The van der Waals surface area contributed by atoms with E-state index >= 15 is 0 Å². The van der Waals surface area contributed by atoms with Gasteiger partial charge in [-0.2, -0.15) is 0 Å². The van der Waals surface area contributed by atoms with Crippen LogP contribution in [0.2, 0.25) is 0 Å². The van der Waals surface area contributed by atoms with Crippen molar-refractivity contribution >= 4 is 33.0 Å². The number of likely N-dealkylation sites (N-methyl/N-ethyl adjacent to an activating group) is 1. The van der Waals surface area contributed by atoms with Crippen molar-refractivity contribution in [2.75, 3.05) is 13.1 Å². The standard InChI is InChI=1S/C22H20N2S/c1-2-24-12-11-17-18(14-24)22(20-8-5-13-25-20)23-19-10-9-15-6-3-4-7-16(15)21(17)19/h3-10,13H,2,11-12,14H2,1H3. The van der Waals surface area contributed by atoms with E-state index in [4.69, 9.17) is 4.98 Å². The highest BCUT2D eigenvalue weighted by atomic mass is 32.1. The molecular formula is C22H20N2S. The van der Waals surface area contributed by atoms with E-state index < -0.39 is 0 Å². The number of benzene rings is 2. The summed E-state index contributed by atoms with van der Waals surface area (Å²) in [6.45, 7) is 5.48. The van der Waals surface area contributed by atoms with Gasteiger partial charge in [0.15, 0.2) is 0 Å². The molecule has 25 heavy (non-hydrogen) atoms. The lowest BCUT2D eigenvalue weighted by Gasteiger charge is -2.30. The molecule has 4 aromatic rings. The Morgan fingerprint density at radius 3 is 2.80 bits per heavy atom. The number of fused-ring (bicyclic) bond motifs is 5. The van der Waals surface area contributed by atoms with Gasteiger partial charge in [0.25, 0.3) is 0 Å². The zero-order valence-corrected chi connectivity index (χ0v) is 15.1. The Kier molecular flexibility index (Phi) is 3.58.